The summed E-state index contributed by atoms with van der Waals surface area (Å²) in [7, 11) is 0. The number of phenolic OH excluding ortho intramolecular Hbond substituents is 1. The number of halogens is 3. The number of aromatic hydroxyl groups is 1. The summed E-state index contributed by atoms with van der Waals surface area (Å²) >= 11 is 0. The zero-order chi connectivity index (χ0) is 13.7. The topological polar surface area (TPSA) is 66.6 Å². The number of likely N-dealkylation sites (tertiary alicyclic amines) is 1. The fourth-order valence-corrected chi connectivity index (χ4v) is 1.89. The van der Waals surface area contributed by atoms with E-state index in [4.69, 9.17) is 10.8 Å². The van der Waals surface area contributed by atoms with E-state index in [0.29, 0.717) is 6.07 Å². The van der Waals surface area contributed by atoms with E-state index in [-0.39, 0.29) is 13.1 Å². The first kappa shape index (κ1) is 12.7. The third kappa shape index (κ3) is 1.90. The number of carbonyl (C=O) groups excluding carboxylic acids is 1. The molecule has 4 nitrogen and oxygen atoms in total. The van der Waals surface area contributed by atoms with Gasteiger partial charge in [-0.05, 0) is 13.0 Å². The summed E-state index contributed by atoms with van der Waals surface area (Å²) in [4.78, 5) is 13.0. The predicted octanol–water partition coefficient (Wildman–Crippen LogP) is 0.983. The summed E-state index contributed by atoms with van der Waals surface area (Å²) in [5, 5.41) is 9.01. The van der Waals surface area contributed by atoms with E-state index in [9.17, 15) is 18.0 Å². The van der Waals surface area contributed by atoms with Crippen LogP contribution < -0.4 is 5.73 Å². The molecule has 98 valence electrons. The number of hydrogen-bond acceptors (Lipinski definition) is 3. The van der Waals surface area contributed by atoms with E-state index < -0.39 is 40.2 Å². The molecule has 1 aliphatic rings. The zero-order valence-corrected chi connectivity index (χ0v) is 9.51. The van der Waals surface area contributed by atoms with Crippen molar-refractivity contribution in [1.29, 1.82) is 0 Å². The average Bonchev–Trinajstić information content (AvgIpc) is 2.27. The second-order valence-corrected chi connectivity index (χ2v) is 4.70. The molecule has 3 N–H and O–H groups in total. The van der Waals surface area contributed by atoms with Crippen LogP contribution in [0.4, 0.5) is 13.2 Å². The molecule has 1 aliphatic heterocycles. The first-order valence-corrected chi connectivity index (χ1v) is 5.17. The van der Waals surface area contributed by atoms with Crippen LogP contribution in [0.2, 0.25) is 0 Å². The monoisotopic (exact) mass is 260 g/mol. The van der Waals surface area contributed by atoms with Crippen LogP contribution in [0.3, 0.4) is 0 Å². The van der Waals surface area contributed by atoms with Crippen molar-refractivity contribution in [2.45, 2.75) is 12.5 Å². The van der Waals surface area contributed by atoms with Crippen LogP contribution in [-0.4, -0.2) is 34.5 Å². The minimum Gasteiger partial charge on any atom is -0.503 e. The first-order chi connectivity index (χ1) is 8.23. The van der Waals surface area contributed by atoms with E-state index in [1.807, 2.05) is 0 Å². The number of hydrogen-bond donors (Lipinski definition) is 2. The van der Waals surface area contributed by atoms with Gasteiger partial charge in [-0.25, -0.2) is 8.78 Å². The SMILES string of the molecule is CC1(N)CN(C(=O)c2cc(F)c(F)c(O)c2F)C1. The van der Waals surface area contributed by atoms with Crippen molar-refractivity contribution in [1.82, 2.24) is 4.90 Å². The van der Waals surface area contributed by atoms with Gasteiger partial charge in [-0.1, -0.05) is 0 Å². The number of benzene rings is 1. The molecule has 1 heterocycles. The second-order valence-electron chi connectivity index (χ2n) is 4.70. The molecule has 1 amide bonds. The van der Waals surface area contributed by atoms with Crippen LogP contribution in [0.5, 0.6) is 5.75 Å². The Balaban J connectivity index is 2.32. The quantitative estimate of drug-likeness (QED) is 0.740. The lowest BCUT2D eigenvalue weighted by Crippen LogP contribution is -2.66. The highest BCUT2D eigenvalue weighted by molar-refractivity contribution is 5.95. The zero-order valence-electron chi connectivity index (χ0n) is 9.51. The van der Waals surface area contributed by atoms with Gasteiger partial charge in [0.2, 0.25) is 5.82 Å². The van der Waals surface area contributed by atoms with E-state index in [1.165, 1.54) is 4.90 Å². The van der Waals surface area contributed by atoms with Crippen LogP contribution in [-0.2, 0) is 0 Å². The Morgan fingerprint density at radius 2 is 1.94 bits per heavy atom. The van der Waals surface area contributed by atoms with E-state index in [2.05, 4.69) is 0 Å². The smallest absolute Gasteiger partial charge is 0.257 e. The fourth-order valence-electron chi connectivity index (χ4n) is 1.89. The minimum absolute atomic E-state index is 0.186. The third-order valence-corrected chi connectivity index (χ3v) is 2.75. The Hall–Kier alpha value is -1.76. The first-order valence-electron chi connectivity index (χ1n) is 5.17. The Morgan fingerprint density at radius 3 is 2.44 bits per heavy atom. The Morgan fingerprint density at radius 1 is 1.39 bits per heavy atom. The molecule has 1 fully saturated rings. The average molecular weight is 260 g/mol. The summed E-state index contributed by atoms with van der Waals surface area (Å²) in [6, 6.07) is 0.429. The maximum Gasteiger partial charge on any atom is 0.257 e. The summed E-state index contributed by atoms with van der Waals surface area (Å²) in [5.74, 6) is -6.98. The van der Waals surface area contributed by atoms with Gasteiger partial charge in [0.25, 0.3) is 5.91 Å². The minimum atomic E-state index is -1.71. The van der Waals surface area contributed by atoms with Crippen molar-refractivity contribution in [3.05, 3.63) is 29.1 Å². The van der Waals surface area contributed by atoms with E-state index in [0.717, 1.165) is 0 Å². The molecule has 1 saturated heterocycles. The molecule has 1 aromatic rings. The molecule has 0 bridgehead atoms. The van der Waals surface area contributed by atoms with Gasteiger partial charge in [-0.2, -0.15) is 4.39 Å². The van der Waals surface area contributed by atoms with Crippen molar-refractivity contribution in [2.75, 3.05) is 13.1 Å². The van der Waals surface area contributed by atoms with Gasteiger partial charge in [-0.3, -0.25) is 4.79 Å². The normalized spacial score (nSPS) is 17.5. The highest BCUT2D eigenvalue weighted by Gasteiger charge is 2.39. The predicted molar refractivity (Wildman–Crippen MR) is 56.5 cm³/mol. The van der Waals surface area contributed by atoms with Gasteiger partial charge >= 0.3 is 0 Å². The summed E-state index contributed by atoms with van der Waals surface area (Å²) < 4.78 is 39.3. The molecule has 0 aliphatic carbocycles. The Kier molecular flexibility index (Phi) is 2.73. The largest absolute Gasteiger partial charge is 0.503 e. The van der Waals surface area contributed by atoms with Crippen LogP contribution in [0.15, 0.2) is 6.07 Å². The van der Waals surface area contributed by atoms with E-state index in [1.54, 1.807) is 6.92 Å². The maximum absolute atomic E-state index is 13.5. The molecule has 1 aromatic carbocycles. The van der Waals surface area contributed by atoms with Crippen molar-refractivity contribution in [2.24, 2.45) is 5.73 Å². The number of phenols is 1. The standard InChI is InChI=1S/C11H11F3N2O2/c1-11(15)3-16(4-11)10(18)5-2-6(12)8(14)9(17)7(5)13/h2,17H,3-4,15H2,1H3. The molecular weight excluding hydrogens is 249 g/mol. The molecule has 0 aromatic heterocycles. The molecule has 7 heteroatoms. The fraction of sp³-hybridized carbons (Fsp3) is 0.364. The lowest BCUT2D eigenvalue weighted by Gasteiger charge is -2.45. The Bertz CT molecular complexity index is 524. The van der Waals surface area contributed by atoms with Crippen LogP contribution in [0.25, 0.3) is 0 Å². The molecule has 0 unspecified atom stereocenters. The molecule has 0 spiro atoms. The number of rotatable bonds is 1. The van der Waals surface area contributed by atoms with Crippen molar-refractivity contribution in [3.63, 3.8) is 0 Å². The second kappa shape index (κ2) is 3.88. The molecule has 0 atom stereocenters. The lowest BCUT2D eigenvalue weighted by atomic mass is 9.93. The Labute approximate surface area is 101 Å². The van der Waals surface area contributed by atoms with Crippen LogP contribution in [0, 0.1) is 17.5 Å². The van der Waals surface area contributed by atoms with Crippen molar-refractivity contribution in [3.8, 4) is 5.75 Å². The lowest BCUT2D eigenvalue weighted by molar-refractivity contribution is 0.0447. The summed E-state index contributed by atoms with van der Waals surface area (Å²) in [5.41, 5.74) is 4.41. The van der Waals surface area contributed by atoms with Gasteiger partial charge in [0.1, 0.15) is 0 Å². The van der Waals surface area contributed by atoms with Gasteiger partial charge in [0.05, 0.1) is 5.56 Å². The maximum atomic E-state index is 13.5. The summed E-state index contributed by atoms with van der Waals surface area (Å²) in [6.07, 6.45) is 0. The van der Waals surface area contributed by atoms with Gasteiger partial charge < -0.3 is 15.7 Å². The van der Waals surface area contributed by atoms with Gasteiger partial charge in [-0.15, -0.1) is 0 Å². The molecule has 0 radical (unpaired) electrons. The number of amides is 1. The third-order valence-electron chi connectivity index (χ3n) is 2.75. The number of nitrogens with two attached hydrogens (primary N) is 1. The van der Waals surface area contributed by atoms with Gasteiger partial charge in [0, 0.05) is 18.6 Å². The van der Waals surface area contributed by atoms with Gasteiger partial charge in [0.15, 0.2) is 17.4 Å². The molecule has 2 rings (SSSR count). The van der Waals surface area contributed by atoms with Crippen molar-refractivity contribution >= 4 is 5.91 Å². The van der Waals surface area contributed by atoms with Crippen LogP contribution >= 0.6 is 0 Å². The van der Waals surface area contributed by atoms with E-state index >= 15 is 0 Å². The van der Waals surface area contributed by atoms with Crippen LogP contribution in [0.1, 0.15) is 17.3 Å². The molecule has 18 heavy (non-hydrogen) atoms. The molecule has 0 saturated carbocycles. The van der Waals surface area contributed by atoms with Crippen molar-refractivity contribution < 1.29 is 23.1 Å². The highest BCUT2D eigenvalue weighted by atomic mass is 19.2. The number of nitrogens with zero attached hydrogens (tertiary/aromatic N) is 1. The highest BCUT2D eigenvalue weighted by Crippen LogP contribution is 2.28. The molecular formula is C11H11F3N2O2. The summed E-state index contributed by atoms with van der Waals surface area (Å²) in [6.45, 7) is 2.08. The number of carbonyl (C=O) groups is 1.